The first-order valence-corrected chi connectivity index (χ1v) is 4.30. The van der Waals surface area contributed by atoms with E-state index in [1.807, 2.05) is 0 Å². The summed E-state index contributed by atoms with van der Waals surface area (Å²) in [4.78, 5) is 18.2. The van der Waals surface area contributed by atoms with E-state index in [2.05, 4.69) is 9.97 Å². The van der Waals surface area contributed by atoms with E-state index < -0.39 is 5.54 Å². The summed E-state index contributed by atoms with van der Waals surface area (Å²) in [6.45, 7) is 5.26. The van der Waals surface area contributed by atoms with Crippen molar-refractivity contribution in [3.63, 3.8) is 0 Å². The highest BCUT2D eigenvalue weighted by molar-refractivity contribution is 5.24. The molecule has 0 aliphatic heterocycles. The molecule has 0 amide bonds. The summed E-state index contributed by atoms with van der Waals surface area (Å²) in [5.74, 6) is 0.693. The Kier molecular flexibility index (Phi) is 2.62. The number of aryl methyl sites for hydroxylation is 1. The molecule has 1 aromatic rings. The highest BCUT2D eigenvalue weighted by Crippen LogP contribution is 2.14. The van der Waals surface area contributed by atoms with Gasteiger partial charge < -0.3 is 15.5 Å². The minimum absolute atomic E-state index is 0.234. The Hall–Kier alpha value is -1.36. The van der Waals surface area contributed by atoms with Crippen molar-refractivity contribution in [2.45, 2.75) is 26.3 Å². The predicted octanol–water partition coefficient (Wildman–Crippen LogP) is 0.281. The Balaban J connectivity index is 3.36. The summed E-state index contributed by atoms with van der Waals surface area (Å²) in [6, 6.07) is 0. The number of nitrogens with zero attached hydrogens (tertiary/aromatic N) is 1. The number of nitrogens with two attached hydrogens (primary N) is 1. The number of H-pyrrole nitrogens is 1. The quantitative estimate of drug-likeness (QED) is 0.713. The van der Waals surface area contributed by atoms with Crippen molar-refractivity contribution < 1.29 is 4.74 Å². The molecule has 0 aliphatic carbocycles. The highest BCUT2D eigenvalue weighted by Gasteiger charge is 2.19. The van der Waals surface area contributed by atoms with Gasteiger partial charge in [-0.05, 0) is 20.8 Å². The molecule has 3 N–H and O–H groups in total. The third-order valence-electron chi connectivity index (χ3n) is 1.86. The number of aromatic nitrogens is 2. The van der Waals surface area contributed by atoms with Gasteiger partial charge in [0.15, 0.2) is 0 Å². The fourth-order valence-electron chi connectivity index (χ4n) is 1.12. The largest absolute Gasteiger partial charge is 0.490 e. The van der Waals surface area contributed by atoms with E-state index in [0.29, 0.717) is 11.5 Å². The van der Waals surface area contributed by atoms with Crippen molar-refractivity contribution >= 4 is 0 Å². The van der Waals surface area contributed by atoms with Crippen LogP contribution < -0.4 is 16.0 Å². The highest BCUT2D eigenvalue weighted by atomic mass is 16.5. The average Bonchev–Trinajstić information content (AvgIpc) is 2.01. The molecule has 1 heterocycles. The number of hydrogen-bond donors (Lipinski definition) is 2. The molecule has 0 atom stereocenters. The molecule has 14 heavy (non-hydrogen) atoms. The maximum Gasteiger partial charge on any atom is 0.293 e. The SMILES string of the molecule is COc1c(C)nc(C(C)(C)N)[nH]c1=O. The molecule has 1 aromatic heterocycles. The van der Waals surface area contributed by atoms with Crippen LogP contribution in [0.5, 0.6) is 5.75 Å². The molecule has 0 fully saturated rings. The smallest absolute Gasteiger partial charge is 0.293 e. The van der Waals surface area contributed by atoms with Gasteiger partial charge in [0.05, 0.1) is 18.3 Å². The fourth-order valence-corrected chi connectivity index (χ4v) is 1.12. The van der Waals surface area contributed by atoms with E-state index in [1.54, 1.807) is 20.8 Å². The van der Waals surface area contributed by atoms with E-state index >= 15 is 0 Å². The summed E-state index contributed by atoms with van der Waals surface area (Å²) >= 11 is 0. The van der Waals surface area contributed by atoms with Crippen LogP contribution in [0.2, 0.25) is 0 Å². The second kappa shape index (κ2) is 3.42. The molecule has 78 valence electrons. The topological polar surface area (TPSA) is 81.0 Å². The van der Waals surface area contributed by atoms with Gasteiger partial charge in [0, 0.05) is 0 Å². The van der Waals surface area contributed by atoms with Crippen LogP contribution in [0.4, 0.5) is 0 Å². The summed E-state index contributed by atoms with van der Waals surface area (Å²) in [6.07, 6.45) is 0. The van der Waals surface area contributed by atoms with Crippen molar-refractivity contribution in [1.29, 1.82) is 0 Å². The molecule has 5 heteroatoms. The Labute approximate surface area is 82.3 Å². The van der Waals surface area contributed by atoms with Crippen LogP contribution in [0.25, 0.3) is 0 Å². The van der Waals surface area contributed by atoms with Gasteiger partial charge in [-0.2, -0.15) is 0 Å². The fraction of sp³-hybridized carbons (Fsp3) is 0.556. The monoisotopic (exact) mass is 197 g/mol. The number of ether oxygens (including phenoxy) is 1. The molecule has 1 rings (SSSR count). The summed E-state index contributed by atoms with van der Waals surface area (Å²) in [7, 11) is 1.44. The number of rotatable bonds is 2. The van der Waals surface area contributed by atoms with E-state index in [0.717, 1.165) is 0 Å². The van der Waals surface area contributed by atoms with Gasteiger partial charge in [-0.15, -0.1) is 0 Å². The number of aromatic amines is 1. The first-order valence-electron chi connectivity index (χ1n) is 4.30. The number of nitrogens with one attached hydrogen (secondary N) is 1. The zero-order valence-electron chi connectivity index (χ0n) is 8.84. The molecule has 0 saturated carbocycles. The lowest BCUT2D eigenvalue weighted by Gasteiger charge is -2.18. The van der Waals surface area contributed by atoms with E-state index in [1.165, 1.54) is 7.11 Å². The summed E-state index contributed by atoms with van der Waals surface area (Å²) in [5.41, 5.74) is 5.40. The maximum atomic E-state index is 11.5. The second-order valence-electron chi connectivity index (χ2n) is 3.75. The van der Waals surface area contributed by atoms with Crippen molar-refractivity contribution in [3.05, 3.63) is 21.9 Å². The van der Waals surface area contributed by atoms with Gasteiger partial charge in [0.1, 0.15) is 5.82 Å². The first-order chi connectivity index (χ1) is 6.36. The van der Waals surface area contributed by atoms with Crippen LogP contribution >= 0.6 is 0 Å². The molecule has 0 aromatic carbocycles. The van der Waals surface area contributed by atoms with E-state index in [9.17, 15) is 4.79 Å². The normalized spacial score (nSPS) is 11.5. The Morgan fingerprint density at radius 3 is 2.43 bits per heavy atom. The van der Waals surface area contributed by atoms with Gasteiger partial charge in [-0.25, -0.2) is 4.98 Å². The van der Waals surface area contributed by atoms with Crippen LogP contribution in [0.1, 0.15) is 25.4 Å². The van der Waals surface area contributed by atoms with Gasteiger partial charge in [0.25, 0.3) is 5.56 Å². The van der Waals surface area contributed by atoms with Gasteiger partial charge in [-0.1, -0.05) is 0 Å². The van der Waals surface area contributed by atoms with Crippen LogP contribution in [0, 0.1) is 6.92 Å². The van der Waals surface area contributed by atoms with E-state index in [4.69, 9.17) is 10.5 Å². The van der Waals surface area contributed by atoms with Crippen molar-refractivity contribution in [2.24, 2.45) is 5.73 Å². The third-order valence-corrected chi connectivity index (χ3v) is 1.86. The van der Waals surface area contributed by atoms with Gasteiger partial charge in [-0.3, -0.25) is 4.79 Å². The lowest BCUT2D eigenvalue weighted by atomic mass is 10.1. The Morgan fingerprint density at radius 1 is 1.50 bits per heavy atom. The number of hydrogen-bond acceptors (Lipinski definition) is 4. The Bertz CT molecular complexity index is 390. The molecule has 0 saturated heterocycles. The second-order valence-corrected chi connectivity index (χ2v) is 3.75. The zero-order valence-corrected chi connectivity index (χ0v) is 8.84. The summed E-state index contributed by atoms with van der Waals surface area (Å²) < 4.78 is 4.90. The van der Waals surface area contributed by atoms with Crippen LogP contribution in [-0.2, 0) is 5.54 Å². The summed E-state index contributed by atoms with van der Waals surface area (Å²) in [5, 5.41) is 0. The standard InChI is InChI=1S/C9H15N3O2/c1-5-6(14-4)7(13)12-8(11-5)9(2,3)10/h10H2,1-4H3,(H,11,12,13). The molecular weight excluding hydrogens is 182 g/mol. The van der Waals surface area contributed by atoms with Gasteiger partial charge in [0.2, 0.25) is 5.75 Å². The maximum absolute atomic E-state index is 11.5. The van der Waals surface area contributed by atoms with Crippen LogP contribution in [0.3, 0.4) is 0 Å². The van der Waals surface area contributed by atoms with Crippen molar-refractivity contribution in [1.82, 2.24) is 9.97 Å². The first kappa shape index (κ1) is 10.7. The lowest BCUT2D eigenvalue weighted by molar-refractivity contribution is 0.397. The molecule has 0 spiro atoms. The predicted molar refractivity (Wildman–Crippen MR) is 53.4 cm³/mol. The lowest BCUT2D eigenvalue weighted by Crippen LogP contribution is -2.34. The molecular formula is C9H15N3O2. The van der Waals surface area contributed by atoms with Crippen molar-refractivity contribution in [3.8, 4) is 5.75 Å². The minimum Gasteiger partial charge on any atom is -0.490 e. The average molecular weight is 197 g/mol. The molecule has 0 aliphatic rings. The Morgan fingerprint density at radius 2 is 2.07 bits per heavy atom. The molecule has 0 radical (unpaired) electrons. The van der Waals surface area contributed by atoms with Crippen LogP contribution in [0.15, 0.2) is 4.79 Å². The van der Waals surface area contributed by atoms with Crippen LogP contribution in [-0.4, -0.2) is 17.1 Å². The molecule has 5 nitrogen and oxygen atoms in total. The molecule has 0 unspecified atom stereocenters. The zero-order chi connectivity index (χ0) is 10.9. The minimum atomic E-state index is -0.657. The molecule has 0 bridgehead atoms. The number of methoxy groups -OCH3 is 1. The third kappa shape index (κ3) is 1.93. The van der Waals surface area contributed by atoms with Crippen molar-refractivity contribution in [2.75, 3.05) is 7.11 Å². The van der Waals surface area contributed by atoms with Gasteiger partial charge >= 0.3 is 0 Å². The van der Waals surface area contributed by atoms with E-state index in [-0.39, 0.29) is 11.3 Å².